The summed E-state index contributed by atoms with van der Waals surface area (Å²) in [7, 11) is 0. The van der Waals surface area contributed by atoms with Crippen molar-refractivity contribution in [1.82, 2.24) is 14.9 Å². The molecular formula is C15H26N4O. The maximum absolute atomic E-state index is 5.86. The molecule has 0 amide bonds. The highest BCUT2D eigenvalue weighted by atomic mass is 16.5. The maximum atomic E-state index is 5.86. The average Bonchev–Trinajstić information content (AvgIpc) is 2.38. The van der Waals surface area contributed by atoms with Crippen molar-refractivity contribution in [2.24, 2.45) is 5.73 Å². The van der Waals surface area contributed by atoms with Gasteiger partial charge in [0.2, 0.25) is 0 Å². The van der Waals surface area contributed by atoms with Crippen LogP contribution in [-0.4, -0.2) is 47.2 Å². The van der Waals surface area contributed by atoms with Crippen molar-refractivity contribution >= 4 is 0 Å². The predicted octanol–water partition coefficient (Wildman–Crippen LogP) is 1.46. The molecule has 2 unspecified atom stereocenters. The summed E-state index contributed by atoms with van der Waals surface area (Å²) in [6.07, 6.45) is 1.93. The van der Waals surface area contributed by atoms with Gasteiger partial charge in [-0.1, -0.05) is 6.92 Å². The fraction of sp³-hybridized carbons (Fsp3) is 0.733. The lowest BCUT2D eigenvalue weighted by molar-refractivity contribution is -0.0343. The lowest BCUT2D eigenvalue weighted by Crippen LogP contribution is -2.39. The minimum atomic E-state index is -0.0120. The highest BCUT2D eigenvalue weighted by molar-refractivity contribution is 5.13. The summed E-state index contributed by atoms with van der Waals surface area (Å²) in [4.78, 5) is 11.6. The Hall–Kier alpha value is -1.04. The minimum absolute atomic E-state index is 0.0120. The van der Waals surface area contributed by atoms with Crippen molar-refractivity contribution in [2.75, 3.05) is 26.2 Å². The van der Waals surface area contributed by atoms with Crippen LogP contribution in [0.25, 0.3) is 0 Å². The van der Waals surface area contributed by atoms with Gasteiger partial charge in [0.05, 0.1) is 6.61 Å². The topological polar surface area (TPSA) is 64.3 Å². The Bertz CT molecular complexity index is 434. The Morgan fingerprint density at radius 3 is 3.00 bits per heavy atom. The Labute approximate surface area is 121 Å². The summed E-state index contributed by atoms with van der Waals surface area (Å²) in [6, 6.07) is 2.13. The first-order chi connectivity index (χ1) is 9.58. The molecule has 0 spiro atoms. The normalized spacial score (nSPS) is 21.9. The molecule has 1 aliphatic rings. The standard InChI is InChI=1S/C15H26N4O/c1-4-5-19-6-7-20-14(10-19)15-17-12(3)9-13(18-15)8-11(2)16/h9,11,14H,4-8,10,16H2,1-3H3. The Morgan fingerprint density at radius 1 is 1.50 bits per heavy atom. The van der Waals surface area contributed by atoms with Crippen molar-refractivity contribution in [3.63, 3.8) is 0 Å². The quantitative estimate of drug-likeness (QED) is 0.883. The molecule has 0 aromatic carbocycles. The van der Waals surface area contributed by atoms with Crippen molar-refractivity contribution in [3.05, 3.63) is 23.3 Å². The second-order valence-corrected chi connectivity index (χ2v) is 5.70. The predicted molar refractivity (Wildman–Crippen MR) is 79.5 cm³/mol. The first-order valence-corrected chi connectivity index (χ1v) is 7.52. The lowest BCUT2D eigenvalue weighted by Gasteiger charge is -2.32. The van der Waals surface area contributed by atoms with Gasteiger partial charge >= 0.3 is 0 Å². The van der Waals surface area contributed by atoms with Crippen LogP contribution < -0.4 is 5.73 Å². The van der Waals surface area contributed by atoms with Crippen LogP contribution in [0.15, 0.2) is 6.07 Å². The first kappa shape index (κ1) is 15.4. The average molecular weight is 278 g/mol. The van der Waals surface area contributed by atoms with Gasteiger partial charge in [0.1, 0.15) is 6.10 Å². The molecule has 112 valence electrons. The molecule has 2 heterocycles. The maximum Gasteiger partial charge on any atom is 0.158 e. The number of aryl methyl sites for hydroxylation is 1. The van der Waals surface area contributed by atoms with Crippen LogP contribution in [0.3, 0.4) is 0 Å². The van der Waals surface area contributed by atoms with Gasteiger partial charge in [0.25, 0.3) is 0 Å². The Morgan fingerprint density at radius 2 is 2.30 bits per heavy atom. The van der Waals surface area contributed by atoms with Crippen molar-refractivity contribution < 1.29 is 4.74 Å². The third-order valence-corrected chi connectivity index (χ3v) is 3.43. The van der Waals surface area contributed by atoms with Gasteiger partial charge in [-0.25, -0.2) is 9.97 Å². The number of hydrogen-bond donors (Lipinski definition) is 1. The number of ether oxygens (including phenoxy) is 1. The molecule has 2 rings (SSSR count). The number of hydrogen-bond acceptors (Lipinski definition) is 5. The Kier molecular flexibility index (Phi) is 5.46. The third-order valence-electron chi connectivity index (χ3n) is 3.43. The highest BCUT2D eigenvalue weighted by Gasteiger charge is 2.24. The zero-order chi connectivity index (χ0) is 14.5. The SMILES string of the molecule is CCCN1CCOC(c2nc(C)cc(CC(C)N)n2)C1. The molecule has 5 nitrogen and oxygen atoms in total. The summed E-state index contributed by atoms with van der Waals surface area (Å²) < 4.78 is 5.86. The zero-order valence-electron chi connectivity index (χ0n) is 12.8. The summed E-state index contributed by atoms with van der Waals surface area (Å²) >= 11 is 0. The largest absolute Gasteiger partial charge is 0.368 e. The smallest absolute Gasteiger partial charge is 0.158 e. The van der Waals surface area contributed by atoms with Crippen LogP contribution in [0.2, 0.25) is 0 Å². The van der Waals surface area contributed by atoms with Gasteiger partial charge in [0.15, 0.2) is 5.82 Å². The zero-order valence-corrected chi connectivity index (χ0v) is 12.8. The van der Waals surface area contributed by atoms with Crippen LogP contribution in [0.5, 0.6) is 0 Å². The number of morpholine rings is 1. The third kappa shape index (κ3) is 4.23. The van der Waals surface area contributed by atoms with Crippen LogP contribution in [0, 0.1) is 6.92 Å². The van der Waals surface area contributed by atoms with Crippen LogP contribution >= 0.6 is 0 Å². The highest BCUT2D eigenvalue weighted by Crippen LogP contribution is 2.20. The molecule has 2 N–H and O–H groups in total. The van der Waals surface area contributed by atoms with Crippen molar-refractivity contribution in [2.45, 2.75) is 45.8 Å². The first-order valence-electron chi connectivity index (χ1n) is 7.52. The molecule has 0 radical (unpaired) electrons. The Balaban J connectivity index is 2.12. The molecule has 1 fully saturated rings. The van der Waals surface area contributed by atoms with Gasteiger partial charge in [0, 0.05) is 36.9 Å². The van der Waals surface area contributed by atoms with Gasteiger partial charge in [-0.05, 0) is 32.9 Å². The molecule has 20 heavy (non-hydrogen) atoms. The van der Waals surface area contributed by atoms with Crippen molar-refractivity contribution in [3.8, 4) is 0 Å². The molecule has 0 saturated carbocycles. The van der Waals surface area contributed by atoms with Gasteiger partial charge in [-0.2, -0.15) is 0 Å². The fourth-order valence-electron chi connectivity index (χ4n) is 2.62. The second kappa shape index (κ2) is 7.11. The van der Waals surface area contributed by atoms with E-state index in [1.54, 1.807) is 0 Å². The monoisotopic (exact) mass is 278 g/mol. The molecular weight excluding hydrogens is 252 g/mol. The van der Waals surface area contributed by atoms with Crippen LogP contribution in [0.1, 0.15) is 43.6 Å². The van der Waals surface area contributed by atoms with Gasteiger partial charge in [-0.15, -0.1) is 0 Å². The number of rotatable bonds is 5. The van der Waals surface area contributed by atoms with Crippen molar-refractivity contribution in [1.29, 1.82) is 0 Å². The van der Waals surface area contributed by atoms with E-state index in [2.05, 4.69) is 21.8 Å². The number of nitrogens with two attached hydrogens (primary N) is 1. The van der Waals surface area contributed by atoms with E-state index in [1.807, 2.05) is 19.9 Å². The van der Waals surface area contributed by atoms with E-state index in [0.717, 1.165) is 56.3 Å². The van der Waals surface area contributed by atoms with Gasteiger partial charge < -0.3 is 10.5 Å². The summed E-state index contributed by atoms with van der Waals surface area (Å²) in [5.74, 6) is 0.807. The molecule has 1 saturated heterocycles. The molecule has 1 aliphatic heterocycles. The lowest BCUT2D eigenvalue weighted by atomic mass is 10.1. The van der Waals surface area contributed by atoms with E-state index in [-0.39, 0.29) is 12.1 Å². The van der Waals surface area contributed by atoms with E-state index < -0.39 is 0 Å². The molecule has 1 aromatic heterocycles. The molecule has 0 aliphatic carbocycles. The van der Waals surface area contributed by atoms with E-state index in [0.29, 0.717) is 0 Å². The van der Waals surface area contributed by atoms with E-state index in [1.165, 1.54) is 0 Å². The van der Waals surface area contributed by atoms with Crippen LogP contribution in [-0.2, 0) is 11.2 Å². The second-order valence-electron chi connectivity index (χ2n) is 5.70. The molecule has 1 aromatic rings. The minimum Gasteiger partial charge on any atom is -0.368 e. The number of nitrogens with zero attached hydrogens (tertiary/aromatic N) is 3. The summed E-state index contributed by atoms with van der Waals surface area (Å²) in [6.45, 7) is 9.95. The number of aromatic nitrogens is 2. The van der Waals surface area contributed by atoms with E-state index >= 15 is 0 Å². The molecule has 0 bridgehead atoms. The fourth-order valence-corrected chi connectivity index (χ4v) is 2.62. The summed E-state index contributed by atoms with van der Waals surface area (Å²) in [5, 5.41) is 0. The molecule has 5 heteroatoms. The van der Waals surface area contributed by atoms with Crippen LogP contribution in [0.4, 0.5) is 0 Å². The van der Waals surface area contributed by atoms with E-state index in [4.69, 9.17) is 10.5 Å². The summed E-state index contributed by atoms with van der Waals surface area (Å²) in [5.41, 5.74) is 7.87. The molecule has 2 atom stereocenters. The van der Waals surface area contributed by atoms with Gasteiger partial charge in [-0.3, -0.25) is 4.90 Å². The van der Waals surface area contributed by atoms with E-state index in [9.17, 15) is 0 Å².